The lowest BCUT2D eigenvalue weighted by Crippen LogP contribution is -2.15. The fraction of sp³-hybridized carbons (Fsp3) is 0.667. The van der Waals surface area contributed by atoms with Gasteiger partial charge in [-0.3, -0.25) is 4.55 Å². The monoisotopic (exact) mass is 252 g/mol. The van der Waals surface area contributed by atoms with Crippen molar-refractivity contribution in [2.75, 3.05) is 12.4 Å². The molecule has 6 nitrogen and oxygen atoms in total. The zero-order valence-corrected chi connectivity index (χ0v) is 10.0. The summed E-state index contributed by atoms with van der Waals surface area (Å²) in [5.74, 6) is -1.33. The van der Waals surface area contributed by atoms with Gasteiger partial charge in [0, 0.05) is 0 Å². The van der Waals surface area contributed by atoms with Crippen LogP contribution < -0.4 is 0 Å². The summed E-state index contributed by atoms with van der Waals surface area (Å²) in [6.45, 7) is 3.30. The predicted octanol–water partition coefficient (Wildman–Crippen LogP) is 0.905. The van der Waals surface area contributed by atoms with E-state index in [4.69, 9.17) is 14.4 Å². The van der Waals surface area contributed by atoms with Crippen LogP contribution in [0.5, 0.6) is 0 Å². The van der Waals surface area contributed by atoms with E-state index < -0.39 is 21.8 Å². The molecule has 0 spiro atoms. The normalized spacial score (nSPS) is 12.9. The van der Waals surface area contributed by atoms with E-state index in [0.717, 1.165) is 0 Å². The number of aliphatic hydroxyl groups is 1. The second-order valence-corrected chi connectivity index (χ2v) is 5.09. The van der Waals surface area contributed by atoms with Gasteiger partial charge in [-0.2, -0.15) is 8.42 Å². The molecule has 0 aliphatic heterocycles. The molecule has 0 unspecified atom stereocenters. The second-order valence-electron chi connectivity index (χ2n) is 3.51. The van der Waals surface area contributed by atoms with Gasteiger partial charge < -0.3 is 9.84 Å². The van der Waals surface area contributed by atoms with Crippen LogP contribution in [0.1, 0.15) is 20.3 Å². The second kappa shape index (κ2) is 6.49. The number of ether oxygens (including phenoxy) is 1. The maximum atomic E-state index is 11.3. The average molecular weight is 252 g/mol. The number of hydrogen-bond donors (Lipinski definition) is 2. The number of carbonyl (C=O) groups is 1. The van der Waals surface area contributed by atoms with Crippen molar-refractivity contribution in [3.63, 3.8) is 0 Å². The highest BCUT2D eigenvalue weighted by molar-refractivity contribution is 7.85. The van der Waals surface area contributed by atoms with E-state index in [0.29, 0.717) is 6.26 Å². The molecule has 0 aromatic heterocycles. The van der Waals surface area contributed by atoms with Crippen molar-refractivity contribution in [1.82, 2.24) is 0 Å². The summed E-state index contributed by atoms with van der Waals surface area (Å²) in [5.41, 5.74) is 0.117. The molecule has 0 radical (unpaired) electrons. The highest BCUT2D eigenvalue weighted by Crippen LogP contribution is 2.10. The zero-order chi connectivity index (χ0) is 12.8. The third kappa shape index (κ3) is 6.41. The molecule has 0 fully saturated rings. The molecular weight excluding hydrogens is 236 g/mol. The van der Waals surface area contributed by atoms with E-state index in [1.54, 1.807) is 13.8 Å². The van der Waals surface area contributed by atoms with Gasteiger partial charge in [-0.25, -0.2) is 4.79 Å². The van der Waals surface area contributed by atoms with Gasteiger partial charge in [0.2, 0.25) is 0 Å². The lowest BCUT2D eigenvalue weighted by atomic mass is 10.1. The molecule has 0 aliphatic carbocycles. The SMILES string of the molecule is CC(C)/C(=C/O)C(=O)OCCCS(=O)(=O)O. The van der Waals surface area contributed by atoms with Crippen molar-refractivity contribution >= 4 is 16.1 Å². The molecule has 0 atom stereocenters. The third-order valence-corrected chi connectivity index (χ3v) is 2.58. The van der Waals surface area contributed by atoms with Crippen LogP contribution in [0.25, 0.3) is 0 Å². The summed E-state index contributed by atoms with van der Waals surface area (Å²) in [6.07, 6.45) is 0.692. The number of hydrogen-bond acceptors (Lipinski definition) is 5. The fourth-order valence-electron chi connectivity index (χ4n) is 0.927. The maximum absolute atomic E-state index is 11.3. The lowest BCUT2D eigenvalue weighted by molar-refractivity contribution is -0.139. The standard InChI is InChI=1S/C9H16O6S/c1-7(2)8(6-10)9(11)15-4-3-5-16(12,13)14/h6-7,10H,3-5H2,1-2H3,(H,12,13,14)/b8-6-. The van der Waals surface area contributed by atoms with Crippen LogP contribution in [-0.2, 0) is 19.6 Å². The number of rotatable bonds is 6. The van der Waals surface area contributed by atoms with Crippen molar-refractivity contribution in [2.45, 2.75) is 20.3 Å². The first-order chi connectivity index (χ1) is 7.28. The average Bonchev–Trinajstić information content (AvgIpc) is 2.11. The quantitative estimate of drug-likeness (QED) is 0.239. The first-order valence-electron chi connectivity index (χ1n) is 4.74. The van der Waals surface area contributed by atoms with Crippen LogP contribution >= 0.6 is 0 Å². The Labute approximate surface area is 94.7 Å². The molecule has 0 aliphatic rings. The van der Waals surface area contributed by atoms with Gasteiger partial charge in [0.05, 0.1) is 24.2 Å². The Bertz CT molecular complexity index is 354. The van der Waals surface area contributed by atoms with E-state index >= 15 is 0 Å². The van der Waals surface area contributed by atoms with Crippen LogP contribution in [-0.4, -0.2) is 36.4 Å². The first-order valence-corrected chi connectivity index (χ1v) is 6.35. The zero-order valence-electron chi connectivity index (χ0n) is 9.21. The van der Waals surface area contributed by atoms with Crippen molar-refractivity contribution < 1.29 is 27.6 Å². The van der Waals surface area contributed by atoms with Gasteiger partial charge in [0.1, 0.15) is 0 Å². The van der Waals surface area contributed by atoms with Gasteiger partial charge in [0.15, 0.2) is 0 Å². The Morgan fingerprint density at radius 3 is 2.38 bits per heavy atom. The smallest absolute Gasteiger partial charge is 0.337 e. The topological polar surface area (TPSA) is 101 Å². The summed E-state index contributed by atoms with van der Waals surface area (Å²) >= 11 is 0. The van der Waals surface area contributed by atoms with Crippen LogP contribution in [0, 0.1) is 5.92 Å². The molecular formula is C9H16O6S. The minimum atomic E-state index is -4.02. The van der Waals surface area contributed by atoms with Crippen molar-refractivity contribution in [3.8, 4) is 0 Å². The van der Waals surface area contributed by atoms with Crippen LogP contribution in [0.15, 0.2) is 11.8 Å². The minimum Gasteiger partial charge on any atom is -0.515 e. The molecule has 0 saturated carbocycles. The van der Waals surface area contributed by atoms with Gasteiger partial charge >= 0.3 is 5.97 Å². The van der Waals surface area contributed by atoms with Gasteiger partial charge in [0.25, 0.3) is 10.1 Å². The molecule has 16 heavy (non-hydrogen) atoms. The Hall–Kier alpha value is -1.08. The number of carbonyl (C=O) groups excluding carboxylic acids is 1. The molecule has 0 aromatic carbocycles. The summed E-state index contributed by atoms with van der Waals surface area (Å²) in [7, 11) is -4.02. The van der Waals surface area contributed by atoms with Crippen molar-refractivity contribution in [3.05, 3.63) is 11.8 Å². The van der Waals surface area contributed by atoms with Crippen molar-refractivity contribution in [1.29, 1.82) is 0 Å². The fourth-order valence-corrected chi connectivity index (χ4v) is 1.41. The molecule has 0 aromatic rings. The molecule has 0 bridgehead atoms. The lowest BCUT2D eigenvalue weighted by Gasteiger charge is -2.09. The Balaban J connectivity index is 4.00. The maximum Gasteiger partial charge on any atom is 0.337 e. The minimum absolute atomic E-state index is 0.0153. The summed E-state index contributed by atoms with van der Waals surface area (Å²) in [4.78, 5) is 11.3. The number of aliphatic hydroxyl groups excluding tert-OH is 1. The van der Waals surface area contributed by atoms with E-state index in [1.165, 1.54) is 0 Å². The number of esters is 1. The Morgan fingerprint density at radius 2 is 2.00 bits per heavy atom. The van der Waals surface area contributed by atoms with Gasteiger partial charge in [-0.15, -0.1) is 0 Å². The van der Waals surface area contributed by atoms with Gasteiger partial charge in [-0.1, -0.05) is 13.8 Å². The predicted molar refractivity (Wildman–Crippen MR) is 57.5 cm³/mol. The van der Waals surface area contributed by atoms with Crippen LogP contribution in [0.4, 0.5) is 0 Å². The molecule has 0 rings (SSSR count). The van der Waals surface area contributed by atoms with Crippen LogP contribution in [0.2, 0.25) is 0 Å². The Kier molecular flexibility index (Phi) is 6.05. The molecule has 2 N–H and O–H groups in total. The van der Waals surface area contributed by atoms with Crippen LogP contribution in [0.3, 0.4) is 0 Å². The van der Waals surface area contributed by atoms with E-state index in [1.807, 2.05) is 0 Å². The van der Waals surface area contributed by atoms with E-state index in [9.17, 15) is 13.2 Å². The summed E-state index contributed by atoms with van der Waals surface area (Å²) in [5, 5.41) is 8.75. The molecule has 94 valence electrons. The Morgan fingerprint density at radius 1 is 1.44 bits per heavy atom. The molecule has 0 saturated heterocycles. The van der Waals surface area contributed by atoms with E-state index in [-0.39, 0.29) is 24.5 Å². The largest absolute Gasteiger partial charge is 0.515 e. The highest BCUT2D eigenvalue weighted by Gasteiger charge is 2.15. The summed E-state index contributed by atoms with van der Waals surface area (Å²) < 4.78 is 33.8. The highest BCUT2D eigenvalue weighted by atomic mass is 32.2. The van der Waals surface area contributed by atoms with Crippen molar-refractivity contribution in [2.24, 2.45) is 5.92 Å². The molecule has 0 heterocycles. The molecule has 7 heteroatoms. The summed E-state index contributed by atoms with van der Waals surface area (Å²) in [6, 6.07) is 0. The van der Waals surface area contributed by atoms with E-state index in [2.05, 4.69) is 0 Å². The third-order valence-electron chi connectivity index (χ3n) is 1.78. The first kappa shape index (κ1) is 14.9. The van der Waals surface area contributed by atoms with Gasteiger partial charge in [-0.05, 0) is 12.3 Å². The molecule has 0 amide bonds.